The number of anilines is 2. The van der Waals surface area contributed by atoms with Crippen LogP contribution in [0.2, 0.25) is 0 Å². The van der Waals surface area contributed by atoms with E-state index in [2.05, 4.69) is 15.6 Å². The summed E-state index contributed by atoms with van der Waals surface area (Å²) in [5, 5.41) is 6.25. The first-order valence-corrected chi connectivity index (χ1v) is 16.0. The molecule has 1 saturated carbocycles. The maximum atomic E-state index is 12.6. The highest BCUT2D eigenvalue weighted by atomic mass is 19.1. The fourth-order valence-electron chi connectivity index (χ4n) is 4.68. The summed E-state index contributed by atoms with van der Waals surface area (Å²) in [6.45, 7) is 12.5. The number of nitrogens with zero attached hydrogens (tertiary/aromatic N) is 2. The molecule has 0 spiro atoms. The number of carbonyl (C=O) groups is 3. The second kappa shape index (κ2) is 15.6. The zero-order valence-electron chi connectivity index (χ0n) is 28.3. The topological polar surface area (TPSA) is 110 Å². The molecule has 3 amide bonds. The number of benzene rings is 3. The van der Waals surface area contributed by atoms with Crippen molar-refractivity contribution in [2.24, 2.45) is 5.41 Å². The molecule has 6 rings (SSSR count). The van der Waals surface area contributed by atoms with Gasteiger partial charge in [0.1, 0.15) is 22.9 Å². The van der Waals surface area contributed by atoms with Crippen molar-refractivity contribution >= 4 is 46.3 Å². The number of hydrogen-bond donors (Lipinski definition) is 2. The van der Waals surface area contributed by atoms with Gasteiger partial charge < -0.3 is 25.0 Å². The molecular formula is C38H43FN4O5. The molecule has 4 aromatic rings. The summed E-state index contributed by atoms with van der Waals surface area (Å²) in [6, 6.07) is 20.8. The van der Waals surface area contributed by atoms with Gasteiger partial charge in [0.15, 0.2) is 0 Å². The molecule has 1 fully saturated rings. The first kappa shape index (κ1) is 35.6. The second-order valence-corrected chi connectivity index (χ2v) is 12.5. The van der Waals surface area contributed by atoms with Gasteiger partial charge in [0.2, 0.25) is 12.3 Å². The Labute approximate surface area is 281 Å². The minimum atomic E-state index is -0.519. The maximum absolute atomic E-state index is 12.6. The van der Waals surface area contributed by atoms with Gasteiger partial charge in [-0.05, 0) is 111 Å². The monoisotopic (exact) mass is 654 g/mol. The van der Waals surface area contributed by atoms with Crippen LogP contribution in [0.4, 0.5) is 20.6 Å². The molecule has 10 heteroatoms. The van der Waals surface area contributed by atoms with Crippen molar-refractivity contribution < 1.29 is 28.2 Å². The van der Waals surface area contributed by atoms with Gasteiger partial charge in [0.25, 0.3) is 0 Å². The fourth-order valence-corrected chi connectivity index (χ4v) is 4.68. The Morgan fingerprint density at radius 1 is 0.958 bits per heavy atom. The molecule has 1 aromatic heterocycles. The summed E-state index contributed by atoms with van der Waals surface area (Å²) >= 11 is 0. The van der Waals surface area contributed by atoms with Crippen LogP contribution in [0, 0.1) is 11.2 Å². The minimum Gasteiger partial charge on any atom is -0.457 e. The van der Waals surface area contributed by atoms with E-state index in [9.17, 15) is 18.8 Å². The van der Waals surface area contributed by atoms with E-state index >= 15 is 0 Å². The van der Waals surface area contributed by atoms with Gasteiger partial charge in [0.05, 0.1) is 5.52 Å². The SMILES string of the molecule is CC.CC(C)(C)OC(=O)N1CC=C(c2ccc3c(Oc4ccc(NC=O)cc4)ccnc3c2)C1.CC1(C(=O)Nc2ccc(F)cc2)CC1. The Balaban J connectivity index is 0.000000270. The molecule has 2 N–H and O–H groups in total. The van der Waals surface area contributed by atoms with E-state index in [1.165, 1.54) is 12.1 Å². The molecule has 9 nitrogen and oxygen atoms in total. The van der Waals surface area contributed by atoms with Crippen LogP contribution < -0.4 is 15.4 Å². The number of rotatable bonds is 7. The first-order chi connectivity index (χ1) is 22.9. The number of amides is 3. The lowest BCUT2D eigenvalue weighted by atomic mass is 10.0. The molecule has 0 radical (unpaired) electrons. The summed E-state index contributed by atoms with van der Waals surface area (Å²) in [4.78, 5) is 40.6. The normalized spacial score (nSPS) is 14.3. The molecule has 252 valence electrons. The summed E-state index contributed by atoms with van der Waals surface area (Å²) in [7, 11) is 0. The van der Waals surface area contributed by atoms with Crippen molar-refractivity contribution in [3.8, 4) is 11.5 Å². The van der Waals surface area contributed by atoms with Crippen LogP contribution in [0.1, 0.15) is 59.9 Å². The number of hydrogen-bond acceptors (Lipinski definition) is 6. The fraction of sp³-hybridized carbons (Fsp3) is 0.316. The van der Waals surface area contributed by atoms with Crippen LogP contribution in [0.15, 0.2) is 85.1 Å². The smallest absolute Gasteiger partial charge is 0.410 e. The average Bonchev–Trinajstić information content (AvgIpc) is 3.62. The number of halogens is 1. The first-order valence-electron chi connectivity index (χ1n) is 16.0. The van der Waals surface area contributed by atoms with Crippen LogP contribution in [0.25, 0.3) is 16.5 Å². The largest absolute Gasteiger partial charge is 0.457 e. The van der Waals surface area contributed by atoms with E-state index < -0.39 is 5.60 Å². The number of ether oxygens (including phenoxy) is 2. The van der Waals surface area contributed by atoms with Gasteiger partial charge in [-0.3, -0.25) is 14.6 Å². The maximum Gasteiger partial charge on any atom is 0.410 e. The number of pyridine rings is 1. The van der Waals surface area contributed by atoms with Gasteiger partial charge in [-0.25, -0.2) is 9.18 Å². The predicted molar refractivity (Wildman–Crippen MR) is 187 cm³/mol. The second-order valence-electron chi connectivity index (χ2n) is 12.5. The van der Waals surface area contributed by atoms with Gasteiger partial charge in [-0.2, -0.15) is 0 Å². The van der Waals surface area contributed by atoms with Gasteiger partial charge >= 0.3 is 6.09 Å². The van der Waals surface area contributed by atoms with Crippen molar-refractivity contribution in [1.82, 2.24) is 9.88 Å². The molecule has 0 unspecified atom stereocenters. The van der Waals surface area contributed by atoms with Crippen LogP contribution in [0.5, 0.6) is 11.5 Å². The summed E-state index contributed by atoms with van der Waals surface area (Å²) in [5.74, 6) is 1.09. The standard InChI is InChI=1S/C25H25N3O4.C11H12FNO.C2H6/c1-25(2,3)32-24(30)28-13-11-18(15-28)17-4-9-21-22(14-17)26-12-10-23(21)31-20-7-5-19(6-8-20)27-16-29;1-11(6-7-11)10(14)13-9-4-2-8(12)3-5-9;1-2/h4-12,14,16H,13,15H2,1-3H3,(H,27,29);2-5H,6-7H2,1H3,(H,13,14);1-2H3. The third-order valence-corrected chi connectivity index (χ3v) is 7.60. The van der Waals surface area contributed by atoms with E-state index in [1.54, 1.807) is 47.5 Å². The highest BCUT2D eigenvalue weighted by Crippen LogP contribution is 2.45. The molecule has 48 heavy (non-hydrogen) atoms. The predicted octanol–water partition coefficient (Wildman–Crippen LogP) is 8.82. The van der Waals surface area contributed by atoms with Crippen LogP contribution in [0.3, 0.4) is 0 Å². The quantitative estimate of drug-likeness (QED) is 0.193. The number of nitrogens with one attached hydrogen (secondary N) is 2. The molecule has 1 aliphatic carbocycles. The molecule has 0 bridgehead atoms. The van der Waals surface area contributed by atoms with Crippen molar-refractivity contribution in [2.75, 3.05) is 23.7 Å². The van der Waals surface area contributed by atoms with Crippen molar-refractivity contribution in [3.63, 3.8) is 0 Å². The number of aromatic nitrogens is 1. The van der Waals surface area contributed by atoms with Crippen LogP contribution in [-0.2, 0) is 14.3 Å². The Bertz CT molecular complexity index is 1760. The Hall–Kier alpha value is -5.25. The van der Waals surface area contributed by atoms with Gasteiger partial charge in [0, 0.05) is 41.5 Å². The third-order valence-electron chi connectivity index (χ3n) is 7.60. The zero-order valence-corrected chi connectivity index (χ0v) is 28.3. The molecule has 0 saturated heterocycles. The van der Waals surface area contributed by atoms with E-state index in [4.69, 9.17) is 9.47 Å². The Morgan fingerprint density at radius 3 is 2.25 bits per heavy atom. The van der Waals surface area contributed by atoms with Crippen molar-refractivity contribution in [2.45, 2.75) is 60.0 Å². The summed E-state index contributed by atoms with van der Waals surface area (Å²) < 4.78 is 24.1. The molecule has 2 aliphatic rings. The minimum absolute atomic E-state index is 0.0316. The van der Waals surface area contributed by atoms with E-state index in [1.807, 2.05) is 71.9 Å². The lowest BCUT2D eigenvalue weighted by Gasteiger charge is -2.24. The van der Waals surface area contributed by atoms with Gasteiger partial charge in [-0.1, -0.05) is 32.9 Å². The average molecular weight is 655 g/mol. The Kier molecular flexibility index (Phi) is 11.5. The number of carbonyl (C=O) groups excluding carboxylic acids is 3. The number of fused-ring (bicyclic) bond motifs is 1. The molecular weight excluding hydrogens is 611 g/mol. The van der Waals surface area contributed by atoms with Crippen LogP contribution in [-0.4, -0.2) is 47.0 Å². The lowest BCUT2D eigenvalue weighted by molar-refractivity contribution is -0.120. The van der Waals surface area contributed by atoms with E-state index in [-0.39, 0.29) is 23.2 Å². The third kappa shape index (κ3) is 9.63. The molecule has 0 atom stereocenters. The van der Waals surface area contributed by atoms with E-state index in [0.29, 0.717) is 42.4 Å². The molecule has 1 aliphatic heterocycles. The summed E-state index contributed by atoms with van der Waals surface area (Å²) in [5.41, 5.74) is 3.52. The zero-order chi connectivity index (χ0) is 34.9. The molecule has 3 aromatic carbocycles. The van der Waals surface area contributed by atoms with Gasteiger partial charge in [-0.15, -0.1) is 0 Å². The highest BCUT2D eigenvalue weighted by Gasteiger charge is 2.44. The summed E-state index contributed by atoms with van der Waals surface area (Å²) in [6.07, 6.45) is 5.96. The van der Waals surface area contributed by atoms with E-state index in [0.717, 1.165) is 34.9 Å². The lowest BCUT2D eigenvalue weighted by Crippen LogP contribution is -2.35. The highest BCUT2D eigenvalue weighted by molar-refractivity contribution is 5.96. The van der Waals surface area contributed by atoms with Crippen molar-refractivity contribution in [3.05, 3.63) is 96.4 Å². The van der Waals surface area contributed by atoms with Crippen LogP contribution >= 0.6 is 0 Å². The Morgan fingerprint density at radius 2 is 1.62 bits per heavy atom. The molecule has 2 heterocycles. The van der Waals surface area contributed by atoms with Crippen molar-refractivity contribution in [1.29, 1.82) is 0 Å².